The van der Waals surface area contributed by atoms with Crippen molar-refractivity contribution < 1.29 is 9.18 Å². The summed E-state index contributed by atoms with van der Waals surface area (Å²) in [5, 5.41) is 3.10. The van der Waals surface area contributed by atoms with Crippen LogP contribution in [0.15, 0.2) is 23.1 Å². The molecule has 0 radical (unpaired) electrons. The third kappa shape index (κ3) is 3.24. The summed E-state index contributed by atoms with van der Waals surface area (Å²) in [6.07, 6.45) is 2.24. The van der Waals surface area contributed by atoms with Gasteiger partial charge in [-0.3, -0.25) is 4.79 Å². The third-order valence-electron chi connectivity index (χ3n) is 4.54. The van der Waals surface area contributed by atoms with Crippen molar-refractivity contribution in [3.8, 4) is 0 Å². The van der Waals surface area contributed by atoms with Gasteiger partial charge in [0.1, 0.15) is 5.82 Å². The number of rotatable bonds is 5. The van der Waals surface area contributed by atoms with Crippen molar-refractivity contribution in [1.82, 2.24) is 5.32 Å². The monoisotopic (exact) mass is 310 g/mol. The van der Waals surface area contributed by atoms with E-state index in [2.05, 4.69) is 5.32 Å². The minimum Gasteiger partial charge on any atom is -0.349 e. The highest BCUT2D eigenvalue weighted by molar-refractivity contribution is 7.99. The van der Waals surface area contributed by atoms with Gasteiger partial charge in [-0.05, 0) is 43.0 Å². The van der Waals surface area contributed by atoms with Crippen LogP contribution in [0, 0.1) is 11.2 Å². The molecule has 2 rings (SSSR count). The third-order valence-corrected chi connectivity index (χ3v) is 5.67. The van der Waals surface area contributed by atoms with Crippen molar-refractivity contribution in [1.29, 1.82) is 0 Å². The Morgan fingerprint density at radius 2 is 2.19 bits per heavy atom. The van der Waals surface area contributed by atoms with Gasteiger partial charge in [0, 0.05) is 17.2 Å². The summed E-state index contributed by atoms with van der Waals surface area (Å²) in [5.74, 6) is 0.658. The van der Waals surface area contributed by atoms with E-state index in [1.807, 2.05) is 13.8 Å². The Bertz CT molecular complexity index is 509. The molecule has 1 aliphatic heterocycles. The number of thioether (sulfide) groups is 1. The zero-order valence-corrected chi connectivity index (χ0v) is 13.4. The van der Waals surface area contributed by atoms with Crippen LogP contribution in [-0.2, 0) is 4.79 Å². The van der Waals surface area contributed by atoms with Gasteiger partial charge in [0.15, 0.2) is 0 Å². The van der Waals surface area contributed by atoms with Crippen molar-refractivity contribution in [2.45, 2.75) is 44.0 Å². The smallest absolute Gasteiger partial charge is 0.227 e. The number of halogens is 1. The number of carbonyl (C=O) groups excluding carboxylic acids is 1. The van der Waals surface area contributed by atoms with Crippen LogP contribution in [0.2, 0.25) is 0 Å². The van der Waals surface area contributed by atoms with E-state index >= 15 is 0 Å². The lowest BCUT2D eigenvalue weighted by atomic mass is 9.81. The molecule has 1 amide bonds. The molecule has 0 bridgehead atoms. The molecule has 1 heterocycles. The molecule has 5 heteroatoms. The quantitative estimate of drug-likeness (QED) is 0.878. The maximum Gasteiger partial charge on any atom is 0.227 e. The molecule has 0 spiro atoms. The van der Waals surface area contributed by atoms with E-state index in [9.17, 15) is 9.18 Å². The standard InChI is InChI=1S/C16H23FN2OS/c1-3-16(4-2,10-18)15(20)19-13-7-8-21-14-6-5-11(17)9-12(13)14/h5-6,9,13H,3-4,7-8,10,18H2,1-2H3,(H,19,20). The lowest BCUT2D eigenvalue weighted by molar-refractivity contribution is -0.131. The van der Waals surface area contributed by atoms with Crippen molar-refractivity contribution in [3.05, 3.63) is 29.6 Å². The lowest BCUT2D eigenvalue weighted by Gasteiger charge is -2.33. The number of carbonyl (C=O) groups is 1. The van der Waals surface area contributed by atoms with Crippen LogP contribution in [0.5, 0.6) is 0 Å². The highest BCUT2D eigenvalue weighted by atomic mass is 32.2. The molecule has 21 heavy (non-hydrogen) atoms. The number of amides is 1. The maximum absolute atomic E-state index is 13.5. The Labute approximate surface area is 129 Å². The van der Waals surface area contributed by atoms with E-state index < -0.39 is 5.41 Å². The number of hydrogen-bond acceptors (Lipinski definition) is 3. The summed E-state index contributed by atoms with van der Waals surface area (Å²) in [4.78, 5) is 13.7. The Kier molecular flexibility index (Phi) is 5.27. The van der Waals surface area contributed by atoms with E-state index in [1.54, 1.807) is 17.8 Å². The second kappa shape index (κ2) is 6.79. The molecule has 116 valence electrons. The molecule has 3 nitrogen and oxygen atoms in total. The summed E-state index contributed by atoms with van der Waals surface area (Å²) in [6.45, 7) is 4.31. The molecule has 1 aliphatic rings. The van der Waals surface area contributed by atoms with Crippen LogP contribution in [-0.4, -0.2) is 18.2 Å². The van der Waals surface area contributed by atoms with E-state index in [0.717, 1.165) is 22.6 Å². The van der Waals surface area contributed by atoms with Gasteiger partial charge >= 0.3 is 0 Å². The summed E-state index contributed by atoms with van der Waals surface area (Å²) in [5.41, 5.74) is 6.20. The Morgan fingerprint density at radius 3 is 2.81 bits per heavy atom. The molecule has 1 unspecified atom stereocenters. The van der Waals surface area contributed by atoms with Crippen LogP contribution in [0.1, 0.15) is 44.7 Å². The van der Waals surface area contributed by atoms with Crippen LogP contribution in [0.3, 0.4) is 0 Å². The van der Waals surface area contributed by atoms with E-state index in [1.165, 1.54) is 12.1 Å². The zero-order chi connectivity index (χ0) is 15.5. The second-order valence-electron chi connectivity index (χ2n) is 5.54. The molecule has 1 atom stereocenters. The first kappa shape index (κ1) is 16.3. The van der Waals surface area contributed by atoms with Gasteiger partial charge in [-0.15, -0.1) is 11.8 Å². The fourth-order valence-electron chi connectivity index (χ4n) is 2.78. The van der Waals surface area contributed by atoms with Gasteiger partial charge < -0.3 is 11.1 Å². The highest BCUT2D eigenvalue weighted by Gasteiger charge is 2.35. The molecule has 1 aromatic carbocycles. The average Bonchev–Trinajstić information content (AvgIpc) is 2.50. The Morgan fingerprint density at radius 1 is 1.48 bits per heavy atom. The van der Waals surface area contributed by atoms with Gasteiger partial charge in [-0.25, -0.2) is 4.39 Å². The first-order chi connectivity index (χ1) is 10.1. The summed E-state index contributed by atoms with van der Waals surface area (Å²) in [7, 11) is 0. The van der Waals surface area contributed by atoms with Crippen LogP contribution >= 0.6 is 11.8 Å². The molecule has 0 aromatic heterocycles. The number of nitrogens with one attached hydrogen (secondary N) is 1. The molecule has 0 aliphatic carbocycles. The lowest BCUT2D eigenvalue weighted by Crippen LogP contribution is -2.46. The highest BCUT2D eigenvalue weighted by Crippen LogP contribution is 2.37. The van der Waals surface area contributed by atoms with Crippen molar-refractivity contribution in [2.24, 2.45) is 11.1 Å². The first-order valence-corrected chi connectivity index (χ1v) is 8.48. The summed E-state index contributed by atoms with van der Waals surface area (Å²) < 4.78 is 13.5. The largest absolute Gasteiger partial charge is 0.349 e. The van der Waals surface area contributed by atoms with Gasteiger partial charge in [-0.2, -0.15) is 0 Å². The van der Waals surface area contributed by atoms with Crippen LogP contribution in [0.25, 0.3) is 0 Å². The molecule has 1 aromatic rings. The van der Waals surface area contributed by atoms with Crippen molar-refractivity contribution in [2.75, 3.05) is 12.3 Å². The Balaban J connectivity index is 2.22. The van der Waals surface area contributed by atoms with Gasteiger partial charge in [-0.1, -0.05) is 13.8 Å². The fourth-order valence-corrected chi connectivity index (χ4v) is 3.88. The molecular weight excluding hydrogens is 287 g/mol. The predicted octanol–water partition coefficient (Wildman–Crippen LogP) is 3.24. The van der Waals surface area contributed by atoms with E-state index in [4.69, 9.17) is 5.73 Å². The predicted molar refractivity (Wildman–Crippen MR) is 84.7 cm³/mol. The first-order valence-electron chi connectivity index (χ1n) is 7.49. The van der Waals surface area contributed by atoms with E-state index in [0.29, 0.717) is 19.4 Å². The SMILES string of the molecule is CCC(CC)(CN)C(=O)NC1CCSc2ccc(F)cc21. The van der Waals surface area contributed by atoms with Gasteiger partial charge in [0.25, 0.3) is 0 Å². The summed E-state index contributed by atoms with van der Waals surface area (Å²) in [6, 6.07) is 4.68. The van der Waals surface area contributed by atoms with Gasteiger partial charge in [0.2, 0.25) is 5.91 Å². The molecule has 0 fully saturated rings. The fraction of sp³-hybridized carbons (Fsp3) is 0.562. The average molecular weight is 310 g/mol. The second-order valence-corrected chi connectivity index (χ2v) is 6.67. The molecular formula is C16H23FN2OS. The van der Waals surface area contributed by atoms with Crippen LogP contribution < -0.4 is 11.1 Å². The van der Waals surface area contributed by atoms with Crippen molar-refractivity contribution in [3.63, 3.8) is 0 Å². The van der Waals surface area contributed by atoms with Crippen LogP contribution in [0.4, 0.5) is 4.39 Å². The minimum absolute atomic E-state index is 0.0119. The topological polar surface area (TPSA) is 55.1 Å². The zero-order valence-electron chi connectivity index (χ0n) is 12.6. The number of hydrogen-bond donors (Lipinski definition) is 2. The summed E-state index contributed by atoms with van der Waals surface area (Å²) >= 11 is 1.71. The molecule has 3 N–H and O–H groups in total. The van der Waals surface area contributed by atoms with Crippen molar-refractivity contribution >= 4 is 17.7 Å². The number of fused-ring (bicyclic) bond motifs is 1. The number of nitrogens with two attached hydrogens (primary N) is 1. The molecule has 0 saturated carbocycles. The van der Waals surface area contributed by atoms with E-state index in [-0.39, 0.29) is 17.8 Å². The minimum atomic E-state index is -0.516. The maximum atomic E-state index is 13.5. The molecule has 0 saturated heterocycles. The Hall–Kier alpha value is -1.07. The normalized spacial score (nSPS) is 18.2. The number of benzene rings is 1. The van der Waals surface area contributed by atoms with Gasteiger partial charge in [0.05, 0.1) is 11.5 Å².